The van der Waals surface area contributed by atoms with Gasteiger partial charge in [-0.1, -0.05) is 23.7 Å². The van der Waals surface area contributed by atoms with Crippen molar-refractivity contribution in [1.29, 1.82) is 0 Å². The first-order valence-corrected chi connectivity index (χ1v) is 5.94. The van der Waals surface area contributed by atoms with E-state index in [-0.39, 0.29) is 5.56 Å². The lowest BCUT2D eigenvalue weighted by molar-refractivity contribution is 0.407. The number of methoxy groups -OCH3 is 1. The summed E-state index contributed by atoms with van der Waals surface area (Å²) in [6.07, 6.45) is 0. The molecule has 5 heteroatoms. The van der Waals surface area contributed by atoms with Gasteiger partial charge in [0.1, 0.15) is 17.4 Å². The smallest absolute Gasteiger partial charge is 0.131 e. The summed E-state index contributed by atoms with van der Waals surface area (Å²) in [5.41, 5.74) is 6.79. The fraction of sp³-hybridized carbons (Fsp3) is 0.143. The lowest BCUT2D eigenvalue weighted by Gasteiger charge is -2.17. The molecule has 2 aromatic carbocycles. The van der Waals surface area contributed by atoms with E-state index in [0.717, 1.165) is 6.07 Å². The zero-order valence-corrected chi connectivity index (χ0v) is 10.9. The van der Waals surface area contributed by atoms with Crippen LogP contribution in [0.4, 0.5) is 8.78 Å². The lowest BCUT2D eigenvalue weighted by Crippen LogP contribution is -2.15. The van der Waals surface area contributed by atoms with Crippen molar-refractivity contribution in [2.24, 2.45) is 5.73 Å². The number of rotatable bonds is 3. The molecule has 0 aromatic heterocycles. The summed E-state index contributed by atoms with van der Waals surface area (Å²) in [6, 6.07) is 7.43. The van der Waals surface area contributed by atoms with E-state index in [2.05, 4.69) is 0 Å². The third-order valence-electron chi connectivity index (χ3n) is 2.83. The van der Waals surface area contributed by atoms with Crippen LogP contribution in [0.25, 0.3) is 0 Å². The Labute approximate surface area is 114 Å². The maximum absolute atomic E-state index is 13.7. The molecular weight excluding hydrogens is 272 g/mol. The van der Waals surface area contributed by atoms with Crippen LogP contribution in [0.2, 0.25) is 5.02 Å². The second kappa shape index (κ2) is 5.55. The Hall–Kier alpha value is -1.65. The maximum Gasteiger partial charge on any atom is 0.131 e. The van der Waals surface area contributed by atoms with E-state index in [9.17, 15) is 8.78 Å². The molecule has 0 heterocycles. The highest BCUT2D eigenvalue weighted by molar-refractivity contribution is 6.30. The fourth-order valence-electron chi connectivity index (χ4n) is 1.86. The molecule has 0 aliphatic rings. The number of nitrogens with two attached hydrogens (primary N) is 1. The first kappa shape index (κ1) is 13.8. The molecule has 0 fully saturated rings. The molecular formula is C14H12ClF2NO. The van der Waals surface area contributed by atoms with Crippen molar-refractivity contribution in [1.82, 2.24) is 0 Å². The van der Waals surface area contributed by atoms with Gasteiger partial charge in [0.05, 0.1) is 13.2 Å². The van der Waals surface area contributed by atoms with Gasteiger partial charge >= 0.3 is 0 Å². The van der Waals surface area contributed by atoms with Crippen LogP contribution in [-0.4, -0.2) is 7.11 Å². The van der Waals surface area contributed by atoms with Gasteiger partial charge < -0.3 is 10.5 Å². The van der Waals surface area contributed by atoms with Crippen LogP contribution < -0.4 is 10.5 Å². The Balaban J connectivity index is 2.46. The van der Waals surface area contributed by atoms with Crippen molar-refractivity contribution in [3.8, 4) is 5.75 Å². The summed E-state index contributed by atoms with van der Waals surface area (Å²) >= 11 is 5.85. The molecule has 0 aliphatic carbocycles. The summed E-state index contributed by atoms with van der Waals surface area (Å²) < 4.78 is 31.8. The molecule has 19 heavy (non-hydrogen) atoms. The van der Waals surface area contributed by atoms with Crippen LogP contribution in [0.3, 0.4) is 0 Å². The monoisotopic (exact) mass is 283 g/mol. The average Bonchev–Trinajstić information content (AvgIpc) is 2.37. The Morgan fingerprint density at radius 2 is 1.79 bits per heavy atom. The molecule has 0 aliphatic heterocycles. The molecule has 2 nitrogen and oxygen atoms in total. The maximum atomic E-state index is 13.7. The van der Waals surface area contributed by atoms with Gasteiger partial charge in [-0.05, 0) is 18.2 Å². The average molecular weight is 284 g/mol. The van der Waals surface area contributed by atoms with Gasteiger partial charge in [-0.15, -0.1) is 0 Å². The van der Waals surface area contributed by atoms with Crippen molar-refractivity contribution >= 4 is 11.6 Å². The van der Waals surface area contributed by atoms with Gasteiger partial charge in [0.15, 0.2) is 0 Å². The summed E-state index contributed by atoms with van der Waals surface area (Å²) in [4.78, 5) is 0. The number of ether oxygens (including phenoxy) is 1. The van der Waals surface area contributed by atoms with Crippen LogP contribution in [0.5, 0.6) is 5.75 Å². The minimum atomic E-state index is -0.757. The normalized spacial score (nSPS) is 12.3. The minimum absolute atomic E-state index is 0.196. The molecule has 1 unspecified atom stereocenters. The SMILES string of the molecule is COc1cc(Cl)ccc1C(N)c1ccc(F)cc1F. The van der Waals surface area contributed by atoms with E-state index in [1.807, 2.05) is 0 Å². The van der Waals surface area contributed by atoms with Crippen LogP contribution in [0.15, 0.2) is 36.4 Å². The third kappa shape index (κ3) is 2.85. The third-order valence-corrected chi connectivity index (χ3v) is 3.06. The Kier molecular flexibility index (Phi) is 4.02. The second-order valence-corrected chi connectivity index (χ2v) is 4.47. The van der Waals surface area contributed by atoms with Gasteiger partial charge in [-0.3, -0.25) is 0 Å². The first-order valence-electron chi connectivity index (χ1n) is 5.57. The fourth-order valence-corrected chi connectivity index (χ4v) is 2.03. The largest absolute Gasteiger partial charge is 0.496 e. The van der Waals surface area contributed by atoms with E-state index in [4.69, 9.17) is 22.1 Å². The quantitative estimate of drug-likeness (QED) is 0.933. The van der Waals surface area contributed by atoms with Crippen LogP contribution in [-0.2, 0) is 0 Å². The molecule has 100 valence electrons. The molecule has 0 bridgehead atoms. The van der Waals surface area contributed by atoms with Gasteiger partial charge in [0, 0.05) is 22.2 Å². The summed E-state index contributed by atoms with van der Waals surface area (Å²) in [7, 11) is 1.48. The van der Waals surface area contributed by atoms with Gasteiger partial charge in [-0.25, -0.2) is 8.78 Å². The Bertz CT molecular complexity index is 604. The van der Waals surface area contributed by atoms with Crippen LogP contribution in [0.1, 0.15) is 17.2 Å². The highest BCUT2D eigenvalue weighted by Gasteiger charge is 2.18. The summed E-state index contributed by atoms with van der Waals surface area (Å²) in [5.74, 6) is -0.871. The van der Waals surface area contributed by atoms with E-state index < -0.39 is 17.7 Å². The van der Waals surface area contributed by atoms with Gasteiger partial charge in [0.25, 0.3) is 0 Å². The van der Waals surface area contributed by atoms with Crippen molar-refractivity contribution in [3.05, 3.63) is 64.2 Å². The second-order valence-electron chi connectivity index (χ2n) is 4.03. The predicted octanol–water partition coefficient (Wildman–Crippen LogP) is 3.67. The summed E-state index contributed by atoms with van der Waals surface area (Å²) in [5, 5.41) is 0.493. The van der Waals surface area contributed by atoms with Crippen molar-refractivity contribution in [2.75, 3.05) is 7.11 Å². The molecule has 0 radical (unpaired) electrons. The number of benzene rings is 2. The molecule has 0 saturated carbocycles. The van der Waals surface area contributed by atoms with E-state index in [1.165, 1.54) is 19.2 Å². The Morgan fingerprint density at radius 1 is 1.11 bits per heavy atom. The molecule has 2 rings (SSSR count). The molecule has 0 saturated heterocycles. The van der Waals surface area contributed by atoms with Crippen LogP contribution >= 0.6 is 11.6 Å². The number of hydrogen-bond donors (Lipinski definition) is 1. The topological polar surface area (TPSA) is 35.2 Å². The first-order chi connectivity index (χ1) is 9.02. The highest BCUT2D eigenvalue weighted by Crippen LogP contribution is 2.31. The number of hydrogen-bond acceptors (Lipinski definition) is 2. The standard InChI is InChI=1S/C14H12ClF2NO/c1-19-13-6-8(15)2-4-11(13)14(18)10-5-3-9(16)7-12(10)17/h2-7,14H,18H2,1H3. The number of halogens is 3. The van der Waals surface area contributed by atoms with Crippen molar-refractivity contribution in [3.63, 3.8) is 0 Å². The molecule has 0 amide bonds. The van der Waals surface area contributed by atoms with Gasteiger partial charge in [-0.2, -0.15) is 0 Å². The zero-order chi connectivity index (χ0) is 14.0. The van der Waals surface area contributed by atoms with E-state index in [1.54, 1.807) is 18.2 Å². The minimum Gasteiger partial charge on any atom is -0.496 e. The van der Waals surface area contributed by atoms with Crippen molar-refractivity contribution < 1.29 is 13.5 Å². The van der Waals surface area contributed by atoms with E-state index >= 15 is 0 Å². The summed E-state index contributed by atoms with van der Waals surface area (Å²) in [6.45, 7) is 0. The van der Waals surface area contributed by atoms with Crippen molar-refractivity contribution in [2.45, 2.75) is 6.04 Å². The zero-order valence-electron chi connectivity index (χ0n) is 10.2. The molecule has 1 atom stereocenters. The van der Waals surface area contributed by atoms with Gasteiger partial charge in [0.2, 0.25) is 0 Å². The van der Waals surface area contributed by atoms with Crippen LogP contribution in [0, 0.1) is 11.6 Å². The molecule has 2 N–H and O–H groups in total. The molecule has 0 spiro atoms. The predicted molar refractivity (Wildman–Crippen MR) is 70.4 cm³/mol. The van der Waals surface area contributed by atoms with E-state index in [0.29, 0.717) is 16.3 Å². The highest BCUT2D eigenvalue weighted by atomic mass is 35.5. The lowest BCUT2D eigenvalue weighted by atomic mass is 9.98. The molecule has 2 aromatic rings. The Morgan fingerprint density at radius 3 is 2.42 bits per heavy atom.